The van der Waals surface area contributed by atoms with Crippen LogP contribution in [0, 0.1) is 5.82 Å². The summed E-state index contributed by atoms with van der Waals surface area (Å²) in [6.45, 7) is 0. The maximum Gasteiger partial charge on any atom is 0.340 e. The molecular formula is C15H12FNO3S. The van der Waals surface area contributed by atoms with Gasteiger partial charge in [-0.3, -0.25) is 4.79 Å². The number of carbonyl (C=O) groups is 2. The van der Waals surface area contributed by atoms with Crippen LogP contribution in [0.3, 0.4) is 0 Å². The van der Waals surface area contributed by atoms with Crippen LogP contribution in [0.1, 0.15) is 10.4 Å². The van der Waals surface area contributed by atoms with Gasteiger partial charge in [-0.15, -0.1) is 11.8 Å². The minimum Gasteiger partial charge on any atom is -0.478 e. The SMILES string of the molecule is O=C(CSc1ccccc1)Nc1cccc(F)c1C(=O)O. The van der Waals surface area contributed by atoms with Gasteiger partial charge in [-0.25, -0.2) is 9.18 Å². The summed E-state index contributed by atoms with van der Waals surface area (Å²) in [7, 11) is 0. The lowest BCUT2D eigenvalue weighted by Crippen LogP contribution is -2.17. The molecular weight excluding hydrogens is 293 g/mol. The van der Waals surface area contributed by atoms with E-state index in [1.165, 1.54) is 23.9 Å². The first kappa shape index (κ1) is 15.1. The maximum atomic E-state index is 13.5. The zero-order valence-electron chi connectivity index (χ0n) is 10.9. The molecule has 0 fully saturated rings. The first-order valence-corrected chi connectivity index (χ1v) is 7.06. The van der Waals surface area contributed by atoms with E-state index >= 15 is 0 Å². The molecule has 2 rings (SSSR count). The van der Waals surface area contributed by atoms with E-state index in [9.17, 15) is 14.0 Å². The van der Waals surface area contributed by atoms with Gasteiger partial charge in [0.1, 0.15) is 11.4 Å². The molecule has 21 heavy (non-hydrogen) atoms. The molecule has 0 bridgehead atoms. The number of rotatable bonds is 5. The number of halogens is 1. The Balaban J connectivity index is 2.03. The second-order valence-electron chi connectivity index (χ2n) is 4.12. The van der Waals surface area contributed by atoms with Crippen LogP contribution in [0.5, 0.6) is 0 Å². The number of hydrogen-bond acceptors (Lipinski definition) is 3. The third-order valence-corrected chi connectivity index (χ3v) is 3.63. The van der Waals surface area contributed by atoms with Gasteiger partial charge in [-0.1, -0.05) is 24.3 Å². The number of benzene rings is 2. The fraction of sp³-hybridized carbons (Fsp3) is 0.0667. The summed E-state index contributed by atoms with van der Waals surface area (Å²) in [6.07, 6.45) is 0. The summed E-state index contributed by atoms with van der Waals surface area (Å²) >= 11 is 1.31. The number of carboxylic acid groups (broad SMARTS) is 1. The van der Waals surface area contributed by atoms with Crippen LogP contribution >= 0.6 is 11.8 Å². The molecule has 0 atom stereocenters. The number of nitrogens with one attached hydrogen (secondary N) is 1. The standard InChI is InChI=1S/C15H12FNO3S/c16-11-7-4-8-12(14(11)15(19)20)17-13(18)9-21-10-5-2-1-3-6-10/h1-8H,9H2,(H,17,18)(H,19,20). The van der Waals surface area contributed by atoms with Crippen molar-refractivity contribution in [2.24, 2.45) is 0 Å². The minimum atomic E-state index is -1.42. The van der Waals surface area contributed by atoms with Crippen LogP contribution in [0.2, 0.25) is 0 Å². The smallest absolute Gasteiger partial charge is 0.340 e. The third-order valence-electron chi connectivity index (χ3n) is 2.61. The highest BCUT2D eigenvalue weighted by molar-refractivity contribution is 8.00. The first-order valence-electron chi connectivity index (χ1n) is 6.07. The van der Waals surface area contributed by atoms with E-state index in [0.717, 1.165) is 11.0 Å². The van der Waals surface area contributed by atoms with E-state index in [0.29, 0.717) is 0 Å². The first-order chi connectivity index (χ1) is 10.1. The van der Waals surface area contributed by atoms with E-state index in [2.05, 4.69) is 5.32 Å². The Labute approximate surface area is 125 Å². The quantitative estimate of drug-likeness (QED) is 0.832. The predicted octanol–water partition coefficient (Wildman–Crippen LogP) is 3.25. The number of amides is 1. The van der Waals surface area contributed by atoms with Crippen LogP contribution in [-0.4, -0.2) is 22.7 Å². The number of aromatic carboxylic acids is 1. The van der Waals surface area contributed by atoms with Crippen molar-refractivity contribution in [2.75, 3.05) is 11.1 Å². The zero-order chi connectivity index (χ0) is 15.2. The van der Waals surface area contributed by atoms with E-state index in [4.69, 9.17) is 5.11 Å². The average molecular weight is 305 g/mol. The van der Waals surface area contributed by atoms with Gasteiger partial charge in [0, 0.05) is 4.90 Å². The van der Waals surface area contributed by atoms with Gasteiger partial charge in [0.05, 0.1) is 11.4 Å². The van der Waals surface area contributed by atoms with Crippen molar-refractivity contribution in [3.8, 4) is 0 Å². The highest BCUT2D eigenvalue weighted by atomic mass is 32.2. The van der Waals surface area contributed by atoms with Gasteiger partial charge >= 0.3 is 5.97 Å². The normalized spacial score (nSPS) is 10.1. The van der Waals surface area contributed by atoms with Gasteiger partial charge in [-0.05, 0) is 24.3 Å². The van der Waals surface area contributed by atoms with E-state index < -0.39 is 23.3 Å². The van der Waals surface area contributed by atoms with E-state index in [1.807, 2.05) is 30.3 Å². The van der Waals surface area contributed by atoms with Crippen molar-refractivity contribution in [3.05, 3.63) is 59.9 Å². The monoisotopic (exact) mass is 305 g/mol. The van der Waals surface area contributed by atoms with Gasteiger partial charge in [0.25, 0.3) is 0 Å². The molecule has 0 aromatic heterocycles. The Bertz CT molecular complexity index is 661. The summed E-state index contributed by atoms with van der Waals surface area (Å²) in [5.41, 5.74) is -0.572. The summed E-state index contributed by atoms with van der Waals surface area (Å²) in [5, 5.41) is 11.4. The van der Waals surface area contributed by atoms with Crippen molar-refractivity contribution in [1.29, 1.82) is 0 Å². The predicted molar refractivity (Wildman–Crippen MR) is 79.2 cm³/mol. The molecule has 0 saturated carbocycles. The molecule has 0 aliphatic carbocycles. The molecule has 0 spiro atoms. The molecule has 0 radical (unpaired) electrons. The van der Waals surface area contributed by atoms with E-state index in [1.54, 1.807) is 0 Å². The molecule has 0 aliphatic heterocycles. The highest BCUT2D eigenvalue weighted by Crippen LogP contribution is 2.21. The van der Waals surface area contributed by atoms with E-state index in [-0.39, 0.29) is 11.4 Å². The van der Waals surface area contributed by atoms with Gasteiger partial charge in [-0.2, -0.15) is 0 Å². The molecule has 0 aliphatic rings. The molecule has 4 nitrogen and oxygen atoms in total. The Hall–Kier alpha value is -2.34. The van der Waals surface area contributed by atoms with Crippen molar-refractivity contribution >= 4 is 29.3 Å². The molecule has 0 unspecified atom stereocenters. The van der Waals surface area contributed by atoms with Crippen LogP contribution in [-0.2, 0) is 4.79 Å². The summed E-state index contributed by atoms with van der Waals surface area (Å²) < 4.78 is 13.5. The fourth-order valence-corrected chi connectivity index (χ4v) is 2.42. The van der Waals surface area contributed by atoms with Gasteiger partial charge in [0.2, 0.25) is 5.91 Å². The van der Waals surface area contributed by atoms with Gasteiger partial charge < -0.3 is 10.4 Å². The Morgan fingerprint density at radius 1 is 1.10 bits per heavy atom. The Morgan fingerprint density at radius 3 is 2.48 bits per heavy atom. The number of carboxylic acids is 1. The van der Waals surface area contributed by atoms with Crippen molar-refractivity contribution in [3.63, 3.8) is 0 Å². The lowest BCUT2D eigenvalue weighted by atomic mass is 10.1. The lowest BCUT2D eigenvalue weighted by molar-refractivity contribution is -0.113. The number of anilines is 1. The molecule has 0 saturated heterocycles. The number of carbonyl (C=O) groups excluding carboxylic acids is 1. The van der Waals surface area contributed by atoms with Crippen LogP contribution in [0.25, 0.3) is 0 Å². The highest BCUT2D eigenvalue weighted by Gasteiger charge is 2.17. The van der Waals surface area contributed by atoms with Crippen molar-refractivity contribution in [1.82, 2.24) is 0 Å². The van der Waals surface area contributed by atoms with Crippen LogP contribution in [0.15, 0.2) is 53.4 Å². The molecule has 2 aromatic rings. The Morgan fingerprint density at radius 2 is 1.81 bits per heavy atom. The topological polar surface area (TPSA) is 66.4 Å². The number of hydrogen-bond donors (Lipinski definition) is 2. The summed E-state index contributed by atoms with van der Waals surface area (Å²) in [4.78, 5) is 23.8. The Kier molecular flexibility index (Phi) is 4.94. The van der Waals surface area contributed by atoms with Crippen molar-refractivity contribution in [2.45, 2.75) is 4.90 Å². The fourth-order valence-electron chi connectivity index (χ4n) is 1.70. The zero-order valence-corrected chi connectivity index (χ0v) is 11.7. The summed E-state index contributed by atoms with van der Waals surface area (Å²) in [5.74, 6) is -2.58. The third kappa shape index (κ3) is 4.06. The molecule has 6 heteroatoms. The second kappa shape index (κ2) is 6.90. The molecule has 1 amide bonds. The number of thioether (sulfide) groups is 1. The minimum absolute atomic E-state index is 0.0406. The lowest BCUT2D eigenvalue weighted by Gasteiger charge is -2.09. The van der Waals surface area contributed by atoms with Gasteiger partial charge in [0.15, 0.2) is 0 Å². The maximum absolute atomic E-state index is 13.5. The summed E-state index contributed by atoms with van der Waals surface area (Å²) in [6, 6.07) is 13.1. The van der Waals surface area contributed by atoms with Crippen LogP contribution < -0.4 is 5.32 Å². The van der Waals surface area contributed by atoms with Crippen molar-refractivity contribution < 1.29 is 19.1 Å². The molecule has 2 aromatic carbocycles. The van der Waals surface area contributed by atoms with Crippen LogP contribution in [0.4, 0.5) is 10.1 Å². The average Bonchev–Trinajstić information content (AvgIpc) is 2.46. The molecule has 108 valence electrons. The largest absolute Gasteiger partial charge is 0.478 e. The molecule has 2 N–H and O–H groups in total. The molecule has 0 heterocycles. The second-order valence-corrected chi connectivity index (χ2v) is 5.17.